The number of likely N-dealkylation sites (tertiary alicyclic amines) is 1. The Morgan fingerprint density at radius 2 is 1.77 bits per heavy atom. The Balaban J connectivity index is 1.27. The molecule has 0 bridgehead atoms. The van der Waals surface area contributed by atoms with Crippen molar-refractivity contribution in [2.75, 3.05) is 30.8 Å². The fourth-order valence-electron chi connectivity index (χ4n) is 5.37. The number of benzene rings is 2. The zero-order valence-electron chi connectivity index (χ0n) is 27.5. The topological polar surface area (TPSA) is 146 Å². The molecule has 48 heavy (non-hydrogen) atoms. The van der Waals surface area contributed by atoms with Gasteiger partial charge in [0.15, 0.2) is 11.5 Å². The number of pyridine rings is 1. The van der Waals surface area contributed by atoms with Gasteiger partial charge in [0, 0.05) is 37.0 Å². The molecule has 3 aromatic heterocycles. The quantitative estimate of drug-likeness (QED) is 0.178. The fourth-order valence-corrected chi connectivity index (χ4v) is 5.96. The molecule has 0 aliphatic carbocycles. The van der Waals surface area contributed by atoms with Gasteiger partial charge in [-0.1, -0.05) is 23.5 Å². The molecule has 14 heteroatoms. The van der Waals surface area contributed by atoms with Gasteiger partial charge in [0.25, 0.3) is 5.91 Å². The number of rotatable bonds is 9. The number of aromatic nitrogens is 5. The van der Waals surface area contributed by atoms with Crippen molar-refractivity contribution in [1.29, 1.82) is 0 Å². The molecule has 2 aromatic carbocycles. The Morgan fingerprint density at radius 3 is 2.46 bits per heavy atom. The van der Waals surface area contributed by atoms with Crippen LogP contribution in [0.5, 0.6) is 17.2 Å². The molecule has 0 saturated carbocycles. The molecule has 0 radical (unpaired) electrons. The molecular formula is C34H38N8O5S. The molecular weight excluding hydrogens is 632 g/mol. The number of fused-ring (bicyclic) bond motifs is 1. The number of carbonyl (C=O) groups excluding carboxylic acids is 2. The lowest BCUT2D eigenvalue weighted by molar-refractivity contribution is 0.0206. The van der Waals surface area contributed by atoms with Crippen LogP contribution in [0.3, 0.4) is 0 Å². The van der Waals surface area contributed by atoms with Gasteiger partial charge in [-0.05, 0) is 82.5 Å². The third kappa shape index (κ3) is 7.82. The van der Waals surface area contributed by atoms with Gasteiger partial charge in [0.2, 0.25) is 5.13 Å². The summed E-state index contributed by atoms with van der Waals surface area (Å²) in [6.07, 6.45) is 3.03. The van der Waals surface area contributed by atoms with Gasteiger partial charge < -0.3 is 24.4 Å². The molecule has 1 atom stereocenters. The average Bonchev–Trinajstić information content (AvgIpc) is 3.63. The molecule has 2 amide bonds. The largest absolute Gasteiger partial charge is 0.497 e. The van der Waals surface area contributed by atoms with Crippen LogP contribution in [-0.2, 0) is 11.3 Å². The van der Waals surface area contributed by atoms with E-state index < -0.39 is 5.60 Å². The maximum atomic E-state index is 12.9. The smallest absolute Gasteiger partial charge is 0.410 e. The summed E-state index contributed by atoms with van der Waals surface area (Å²) >= 11 is 1.31. The van der Waals surface area contributed by atoms with Crippen LogP contribution in [0.1, 0.15) is 54.5 Å². The van der Waals surface area contributed by atoms with Crippen LogP contribution in [0.2, 0.25) is 0 Å². The Kier molecular flexibility index (Phi) is 9.44. The molecule has 1 fully saturated rings. The highest BCUT2D eigenvalue weighted by molar-refractivity contribution is 7.15. The predicted molar refractivity (Wildman–Crippen MR) is 183 cm³/mol. The van der Waals surface area contributed by atoms with Gasteiger partial charge in [-0.15, -0.1) is 10.2 Å². The summed E-state index contributed by atoms with van der Waals surface area (Å²) < 4.78 is 19.2. The number of anilines is 2. The van der Waals surface area contributed by atoms with E-state index >= 15 is 0 Å². The minimum atomic E-state index is -0.578. The molecule has 4 heterocycles. The molecule has 1 aliphatic heterocycles. The second-order valence-electron chi connectivity index (χ2n) is 12.5. The Bertz CT molecular complexity index is 1900. The second-order valence-corrected chi connectivity index (χ2v) is 13.7. The maximum absolute atomic E-state index is 12.9. The number of aryl methyl sites for hydroxylation is 1. The highest BCUT2D eigenvalue weighted by Crippen LogP contribution is 2.35. The molecule has 6 rings (SSSR count). The number of amides is 2. The van der Waals surface area contributed by atoms with E-state index in [1.165, 1.54) is 11.3 Å². The highest BCUT2D eigenvalue weighted by atomic mass is 32.1. The molecule has 0 unspecified atom stereocenters. The highest BCUT2D eigenvalue weighted by Gasteiger charge is 2.29. The van der Waals surface area contributed by atoms with Crippen molar-refractivity contribution in [3.8, 4) is 17.2 Å². The Hall–Kier alpha value is -5.24. The van der Waals surface area contributed by atoms with E-state index in [1.807, 2.05) is 56.6 Å². The van der Waals surface area contributed by atoms with Gasteiger partial charge >= 0.3 is 6.09 Å². The van der Waals surface area contributed by atoms with Crippen LogP contribution in [0.25, 0.3) is 11.0 Å². The first-order valence-corrected chi connectivity index (χ1v) is 16.5. The standard InChI is InChI=1S/C34H38N8O5S/c1-21-38-39-32(48-21)37-31(43)23-10-14-26(15-11-23)46-27-16-17-35-30-28(27)29(40-42(30)19-22-8-12-25(45-5)13-9-22)36-24-7-6-18-41(20-24)33(44)47-34(2,3)4/h8-17,24H,6-7,18-20H2,1-5H3,(H,36,40)(H,37,39,43)/t24-/m1/s1. The number of piperidine rings is 1. The van der Waals surface area contributed by atoms with Crippen molar-refractivity contribution in [2.24, 2.45) is 0 Å². The van der Waals surface area contributed by atoms with Gasteiger partial charge in [-0.3, -0.25) is 10.1 Å². The molecule has 0 spiro atoms. The summed E-state index contributed by atoms with van der Waals surface area (Å²) in [5, 5.41) is 21.1. The zero-order valence-corrected chi connectivity index (χ0v) is 28.3. The number of ether oxygens (including phenoxy) is 3. The number of hydrogen-bond donors (Lipinski definition) is 2. The summed E-state index contributed by atoms with van der Waals surface area (Å²) in [5.41, 5.74) is 1.53. The fraction of sp³-hybridized carbons (Fsp3) is 0.353. The van der Waals surface area contributed by atoms with Crippen molar-refractivity contribution in [3.63, 3.8) is 0 Å². The van der Waals surface area contributed by atoms with E-state index in [-0.39, 0.29) is 18.0 Å². The van der Waals surface area contributed by atoms with Crippen molar-refractivity contribution >= 4 is 45.3 Å². The summed E-state index contributed by atoms with van der Waals surface area (Å²) in [6.45, 7) is 8.99. The molecule has 1 saturated heterocycles. The number of nitrogens with one attached hydrogen (secondary N) is 2. The van der Waals surface area contributed by atoms with E-state index in [0.29, 0.717) is 58.7 Å². The molecule has 1 aliphatic rings. The van der Waals surface area contributed by atoms with Crippen molar-refractivity contribution in [3.05, 3.63) is 76.9 Å². The number of carbonyl (C=O) groups is 2. The predicted octanol–water partition coefficient (Wildman–Crippen LogP) is 6.50. The molecule has 250 valence electrons. The van der Waals surface area contributed by atoms with E-state index in [0.717, 1.165) is 29.2 Å². The van der Waals surface area contributed by atoms with Crippen LogP contribution in [0.15, 0.2) is 60.8 Å². The molecule has 13 nitrogen and oxygen atoms in total. The first-order valence-electron chi connectivity index (χ1n) is 15.7. The normalized spacial score (nSPS) is 14.9. The van der Waals surface area contributed by atoms with Crippen LogP contribution in [0.4, 0.5) is 15.7 Å². The van der Waals surface area contributed by atoms with Crippen molar-refractivity contribution in [2.45, 2.75) is 58.7 Å². The third-order valence-corrected chi connectivity index (χ3v) is 8.34. The maximum Gasteiger partial charge on any atom is 0.410 e. The summed E-state index contributed by atoms with van der Waals surface area (Å²) in [4.78, 5) is 32.1. The summed E-state index contributed by atoms with van der Waals surface area (Å²) in [5.74, 6) is 2.16. The number of hydrogen-bond acceptors (Lipinski definition) is 11. The van der Waals surface area contributed by atoms with E-state index in [1.54, 1.807) is 48.5 Å². The molecule has 2 N–H and O–H groups in total. The zero-order chi connectivity index (χ0) is 33.8. The van der Waals surface area contributed by atoms with Crippen molar-refractivity contribution in [1.82, 2.24) is 29.9 Å². The lowest BCUT2D eigenvalue weighted by Gasteiger charge is -2.34. The lowest BCUT2D eigenvalue weighted by Crippen LogP contribution is -2.47. The lowest BCUT2D eigenvalue weighted by atomic mass is 10.1. The van der Waals surface area contributed by atoms with E-state index in [9.17, 15) is 9.59 Å². The Labute approximate surface area is 282 Å². The van der Waals surface area contributed by atoms with Crippen LogP contribution >= 0.6 is 11.3 Å². The van der Waals surface area contributed by atoms with Gasteiger partial charge in [-0.2, -0.15) is 5.10 Å². The SMILES string of the molecule is COc1ccc(Cn2nc(N[C@@H]3CCCN(C(=O)OC(C)(C)C)C3)c3c(Oc4ccc(C(=O)Nc5nnc(C)s5)cc4)ccnc32)cc1. The molecule has 5 aromatic rings. The van der Waals surface area contributed by atoms with Crippen LogP contribution in [-0.4, -0.2) is 73.7 Å². The first kappa shape index (κ1) is 32.7. The number of nitrogens with zero attached hydrogens (tertiary/aromatic N) is 6. The second kappa shape index (κ2) is 13.9. The van der Waals surface area contributed by atoms with Gasteiger partial charge in [0.05, 0.1) is 13.7 Å². The van der Waals surface area contributed by atoms with Gasteiger partial charge in [0.1, 0.15) is 33.2 Å². The Morgan fingerprint density at radius 1 is 1.02 bits per heavy atom. The van der Waals surface area contributed by atoms with Crippen LogP contribution < -0.4 is 20.1 Å². The monoisotopic (exact) mass is 670 g/mol. The summed E-state index contributed by atoms with van der Waals surface area (Å²) in [7, 11) is 1.64. The number of methoxy groups -OCH3 is 1. The van der Waals surface area contributed by atoms with E-state index in [2.05, 4.69) is 20.8 Å². The average molecular weight is 671 g/mol. The van der Waals surface area contributed by atoms with Gasteiger partial charge in [-0.25, -0.2) is 14.5 Å². The first-order chi connectivity index (χ1) is 23.0. The van der Waals surface area contributed by atoms with Crippen molar-refractivity contribution < 1.29 is 23.8 Å². The summed E-state index contributed by atoms with van der Waals surface area (Å²) in [6, 6.07) is 16.4. The van der Waals surface area contributed by atoms with Crippen LogP contribution in [0, 0.1) is 6.92 Å². The minimum Gasteiger partial charge on any atom is -0.497 e. The third-order valence-electron chi connectivity index (χ3n) is 7.59. The van der Waals surface area contributed by atoms with E-state index in [4.69, 9.17) is 24.3 Å². The minimum absolute atomic E-state index is 0.0681.